The van der Waals surface area contributed by atoms with Gasteiger partial charge in [0.2, 0.25) is 5.95 Å². The summed E-state index contributed by atoms with van der Waals surface area (Å²) in [5.41, 5.74) is 9.05. The van der Waals surface area contributed by atoms with Crippen LogP contribution in [0, 0.1) is 0 Å². The number of hydrogen-bond donors (Lipinski definition) is 4. The summed E-state index contributed by atoms with van der Waals surface area (Å²) in [5.74, 6) is 1.44. The first-order valence-corrected chi connectivity index (χ1v) is 15.4. The van der Waals surface area contributed by atoms with Gasteiger partial charge in [0.15, 0.2) is 17.0 Å². The lowest BCUT2D eigenvalue weighted by molar-refractivity contribution is -0.112. The molecule has 0 bridgehead atoms. The van der Waals surface area contributed by atoms with Crippen molar-refractivity contribution in [3.05, 3.63) is 42.2 Å². The highest BCUT2D eigenvalue weighted by atomic mass is 35.5. The molecular weight excluding hydrogens is 589 g/mol. The Morgan fingerprint density at radius 3 is 2.33 bits per heavy atom. The van der Waals surface area contributed by atoms with E-state index in [1.165, 1.54) is 31.2 Å². The number of benzene rings is 1. The lowest BCUT2D eigenvalue weighted by Gasteiger charge is -2.31. The summed E-state index contributed by atoms with van der Waals surface area (Å²) in [6.45, 7) is 1.85. The van der Waals surface area contributed by atoms with Crippen molar-refractivity contribution < 1.29 is 9.63 Å². The van der Waals surface area contributed by atoms with E-state index in [-0.39, 0.29) is 30.9 Å². The highest BCUT2D eigenvalue weighted by Gasteiger charge is 2.27. The van der Waals surface area contributed by atoms with Gasteiger partial charge in [-0.3, -0.25) is 0 Å². The van der Waals surface area contributed by atoms with Gasteiger partial charge in [0.25, 0.3) is 0 Å². The summed E-state index contributed by atoms with van der Waals surface area (Å²) in [6, 6.07) is 11.4. The van der Waals surface area contributed by atoms with Crippen molar-refractivity contribution in [3.63, 3.8) is 0 Å². The highest BCUT2D eigenvalue weighted by Crippen LogP contribution is 2.34. The lowest BCUT2D eigenvalue weighted by Crippen LogP contribution is -2.42. The minimum atomic E-state index is -0.401. The van der Waals surface area contributed by atoms with Crippen molar-refractivity contribution in [3.8, 4) is 0 Å². The zero-order valence-corrected chi connectivity index (χ0v) is 26.3. The van der Waals surface area contributed by atoms with Gasteiger partial charge in [-0.1, -0.05) is 43.2 Å². The molecule has 1 saturated heterocycles. The van der Waals surface area contributed by atoms with Gasteiger partial charge in [-0.15, -0.1) is 29.9 Å². The molecule has 236 valence electrons. The number of nitrogens with two attached hydrogens (primary N) is 1. The standard InChI is InChI=1S/C30H43N9O2.2ClH/c31-22-10-12-23(13-11-22)35-29-36-27(26-28(37-29)39(20-33-26)25-8-4-5-9-25)34-24-15-18-38(19-16-24)41-30(40)32-17-14-21-6-2-1-3-7-21;;/h1-3,6-7,20,22-25H,4-5,8-19,31H2,(H,32,40)(H2,34,35,36,37);2*1H/t22-,23-;;. The minimum absolute atomic E-state index is 0. The summed E-state index contributed by atoms with van der Waals surface area (Å²) in [7, 11) is 0. The fourth-order valence-corrected chi connectivity index (χ4v) is 6.37. The summed E-state index contributed by atoms with van der Waals surface area (Å²) in [4.78, 5) is 32.6. The summed E-state index contributed by atoms with van der Waals surface area (Å²) in [6.07, 6.45) is 12.9. The van der Waals surface area contributed by atoms with Crippen LogP contribution in [0.2, 0.25) is 0 Å². The Bertz CT molecular complexity index is 1290. The van der Waals surface area contributed by atoms with E-state index in [9.17, 15) is 4.79 Å². The fourth-order valence-electron chi connectivity index (χ4n) is 6.37. The van der Waals surface area contributed by atoms with Crippen molar-refractivity contribution in [1.82, 2.24) is 29.9 Å². The van der Waals surface area contributed by atoms with E-state index in [1.807, 2.05) is 24.5 Å². The molecule has 0 radical (unpaired) electrons. The van der Waals surface area contributed by atoms with Gasteiger partial charge in [-0.05, 0) is 63.4 Å². The molecule has 1 aromatic carbocycles. The third-order valence-corrected chi connectivity index (χ3v) is 8.78. The van der Waals surface area contributed by atoms with Crippen molar-refractivity contribution >= 4 is 53.8 Å². The Balaban J connectivity index is 0.00000212. The third kappa shape index (κ3) is 8.62. The second-order valence-corrected chi connectivity index (χ2v) is 11.8. The van der Waals surface area contributed by atoms with Gasteiger partial charge < -0.3 is 31.1 Å². The first-order chi connectivity index (χ1) is 20.1. The third-order valence-electron chi connectivity index (χ3n) is 8.78. The average Bonchev–Trinajstić information content (AvgIpc) is 3.66. The van der Waals surface area contributed by atoms with E-state index in [2.05, 4.69) is 32.7 Å². The Morgan fingerprint density at radius 2 is 1.60 bits per heavy atom. The maximum absolute atomic E-state index is 12.3. The Morgan fingerprint density at radius 1 is 0.907 bits per heavy atom. The van der Waals surface area contributed by atoms with E-state index in [0.29, 0.717) is 43.7 Å². The van der Waals surface area contributed by atoms with Crippen LogP contribution >= 0.6 is 24.8 Å². The fraction of sp³-hybridized carbons (Fsp3) is 0.600. The van der Waals surface area contributed by atoms with E-state index >= 15 is 0 Å². The van der Waals surface area contributed by atoms with E-state index in [1.54, 1.807) is 5.06 Å². The molecule has 1 aliphatic heterocycles. The van der Waals surface area contributed by atoms with Crippen LogP contribution in [0.3, 0.4) is 0 Å². The van der Waals surface area contributed by atoms with Gasteiger partial charge >= 0.3 is 6.09 Å². The molecule has 3 heterocycles. The summed E-state index contributed by atoms with van der Waals surface area (Å²) < 4.78 is 2.25. The second-order valence-electron chi connectivity index (χ2n) is 11.8. The maximum Gasteiger partial charge on any atom is 0.426 e. The zero-order chi connectivity index (χ0) is 28.0. The van der Waals surface area contributed by atoms with E-state index in [0.717, 1.165) is 61.9 Å². The van der Waals surface area contributed by atoms with Crippen LogP contribution in [0.1, 0.15) is 75.8 Å². The van der Waals surface area contributed by atoms with Crippen LogP contribution in [0.4, 0.5) is 16.6 Å². The summed E-state index contributed by atoms with van der Waals surface area (Å²) in [5, 5.41) is 11.9. The quantitative estimate of drug-likeness (QED) is 0.250. The van der Waals surface area contributed by atoms with Crippen molar-refractivity contribution in [2.75, 3.05) is 30.3 Å². The number of nitrogens with one attached hydrogen (secondary N) is 3. The average molecular weight is 635 g/mol. The molecule has 3 aromatic rings. The molecule has 2 aliphatic carbocycles. The lowest BCUT2D eigenvalue weighted by atomic mass is 9.92. The Labute approximate surface area is 265 Å². The van der Waals surface area contributed by atoms with Gasteiger partial charge in [-0.2, -0.15) is 9.97 Å². The number of aromatic nitrogens is 4. The maximum atomic E-state index is 12.3. The molecule has 3 aliphatic rings. The first kappa shape index (κ1) is 33.0. The van der Waals surface area contributed by atoms with E-state index in [4.69, 9.17) is 25.5 Å². The number of anilines is 2. The Kier molecular flexibility index (Phi) is 12.1. The number of carbonyl (C=O) groups excluding carboxylic acids is 1. The predicted molar refractivity (Wildman–Crippen MR) is 174 cm³/mol. The van der Waals surface area contributed by atoms with Crippen molar-refractivity contribution in [1.29, 1.82) is 0 Å². The molecule has 0 unspecified atom stereocenters. The highest BCUT2D eigenvalue weighted by molar-refractivity contribution is 5.86. The number of nitrogens with zero attached hydrogens (tertiary/aromatic N) is 5. The van der Waals surface area contributed by atoms with Crippen LogP contribution in [0.25, 0.3) is 11.2 Å². The SMILES string of the molecule is Cl.Cl.N[C@H]1CC[C@H](Nc2nc(NC3CCN(OC(=O)NCCc4ccccc4)CC3)c3ncn(C4CCCC4)c3n2)CC1. The molecule has 0 spiro atoms. The number of imidazole rings is 1. The molecule has 1 amide bonds. The van der Waals surface area contributed by atoms with Crippen LogP contribution in [0.5, 0.6) is 0 Å². The predicted octanol–water partition coefficient (Wildman–Crippen LogP) is 5.23. The molecule has 6 rings (SSSR count). The molecule has 11 nitrogen and oxygen atoms in total. The zero-order valence-electron chi connectivity index (χ0n) is 24.6. The number of piperidine rings is 1. The number of halogens is 2. The number of amides is 1. The largest absolute Gasteiger partial charge is 0.426 e. The van der Waals surface area contributed by atoms with Crippen molar-refractivity contribution in [2.45, 2.75) is 94.8 Å². The van der Waals surface area contributed by atoms with Gasteiger partial charge in [0, 0.05) is 43.8 Å². The normalized spacial score (nSPS) is 21.5. The molecule has 5 N–H and O–H groups in total. The molecule has 3 fully saturated rings. The number of hydrogen-bond acceptors (Lipinski definition) is 9. The number of rotatable bonds is 9. The Hall–Kier alpha value is -2.86. The van der Waals surface area contributed by atoms with E-state index < -0.39 is 6.09 Å². The second kappa shape index (κ2) is 15.7. The number of fused-ring (bicyclic) bond motifs is 1. The van der Waals surface area contributed by atoms with Crippen LogP contribution in [-0.2, 0) is 11.3 Å². The summed E-state index contributed by atoms with van der Waals surface area (Å²) >= 11 is 0. The van der Waals surface area contributed by atoms with Gasteiger partial charge in [0.05, 0.1) is 6.33 Å². The molecule has 43 heavy (non-hydrogen) atoms. The number of hydroxylamine groups is 2. The molecule has 13 heteroatoms. The minimum Gasteiger partial charge on any atom is -0.365 e. The van der Waals surface area contributed by atoms with Crippen LogP contribution in [-0.4, -0.2) is 68.4 Å². The van der Waals surface area contributed by atoms with Crippen LogP contribution in [0.15, 0.2) is 36.7 Å². The molecule has 2 saturated carbocycles. The number of carbonyl (C=O) groups is 1. The smallest absolute Gasteiger partial charge is 0.365 e. The molecular formula is C30H45Cl2N9O2. The first-order valence-electron chi connectivity index (χ1n) is 15.4. The topological polar surface area (TPSA) is 135 Å². The van der Waals surface area contributed by atoms with Crippen LogP contribution < -0.4 is 21.7 Å². The monoisotopic (exact) mass is 633 g/mol. The molecule has 0 atom stereocenters. The van der Waals surface area contributed by atoms with Crippen molar-refractivity contribution in [2.24, 2.45) is 5.73 Å². The molecule has 2 aromatic heterocycles. The van der Waals surface area contributed by atoms with Gasteiger partial charge in [0.1, 0.15) is 0 Å². The van der Waals surface area contributed by atoms with Gasteiger partial charge in [-0.25, -0.2) is 9.78 Å².